The SMILES string of the molecule is CC(=O)c1cccc(NC(=O)[C@H](C)OC(=O)c2ccc(Br)cc2)c1. The molecule has 0 radical (unpaired) electrons. The lowest BCUT2D eigenvalue weighted by molar-refractivity contribution is -0.123. The van der Waals surface area contributed by atoms with Crippen molar-refractivity contribution in [3.05, 3.63) is 64.1 Å². The summed E-state index contributed by atoms with van der Waals surface area (Å²) in [6.45, 7) is 2.93. The molecule has 0 spiro atoms. The Morgan fingerprint density at radius 2 is 1.71 bits per heavy atom. The lowest BCUT2D eigenvalue weighted by atomic mass is 10.1. The average molecular weight is 390 g/mol. The van der Waals surface area contributed by atoms with Crippen molar-refractivity contribution in [2.45, 2.75) is 20.0 Å². The fourth-order valence-electron chi connectivity index (χ4n) is 1.93. The number of esters is 1. The van der Waals surface area contributed by atoms with Crippen molar-refractivity contribution in [2.75, 3.05) is 5.32 Å². The number of ether oxygens (including phenoxy) is 1. The van der Waals surface area contributed by atoms with Gasteiger partial charge in [0.15, 0.2) is 11.9 Å². The molecule has 0 saturated carbocycles. The first-order valence-corrected chi connectivity index (χ1v) is 8.04. The van der Waals surface area contributed by atoms with E-state index in [9.17, 15) is 14.4 Å². The Morgan fingerprint density at radius 1 is 1.04 bits per heavy atom. The summed E-state index contributed by atoms with van der Waals surface area (Å²) < 4.78 is 6.00. The normalized spacial score (nSPS) is 11.5. The van der Waals surface area contributed by atoms with Crippen LogP contribution in [0.4, 0.5) is 5.69 Å². The van der Waals surface area contributed by atoms with E-state index in [1.807, 2.05) is 0 Å². The summed E-state index contributed by atoms with van der Waals surface area (Å²) in [5.74, 6) is -1.15. The van der Waals surface area contributed by atoms with Gasteiger partial charge in [-0.25, -0.2) is 4.79 Å². The number of halogens is 1. The number of carbonyl (C=O) groups excluding carboxylic acids is 3. The number of ketones is 1. The molecule has 0 aliphatic heterocycles. The van der Waals surface area contributed by atoms with Gasteiger partial charge >= 0.3 is 5.97 Å². The Labute approximate surface area is 148 Å². The second kappa shape index (κ2) is 7.88. The number of anilines is 1. The topological polar surface area (TPSA) is 72.5 Å². The highest BCUT2D eigenvalue weighted by Gasteiger charge is 2.19. The summed E-state index contributed by atoms with van der Waals surface area (Å²) in [6.07, 6.45) is -0.970. The monoisotopic (exact) mass is 389 g/mol. The quantitative estimate of drug-likeness (QED) is 0.622. The zero-order valence-electron chi connectivity index (χ0n) is 13.2. The van der Waals surface area contributed by atoms with Crippen LogP contribution in [0, 0.1) is 0 Å². The molecule has 0 heterocycles. The number of hydrogen-bond acceptors (Lipinski definition) is 4. The number of carbonyl (C=O) groups is 3. The van der Waals surface area contributed by atoms with Crippen molar-refractivity contribution in [3.63, 3.8) is 0 Å². The van der Waals surface area contributed by atoms with Crippen molar-refractivity contribution >= 4 is 39.3 Å². The molecule has 0 aromatic heterocycles. The van der Waals surface area contributed by atoms with Gasteiger partial charge in [-0.1, -0.05) is 28.1 Å². The standard InChI is InChI=1S/C18H16BrNO4/c1-11(21)14-4-3-5-16(10-14)20-17(22)12(2)24-18(23)13-6-8-15(19)9-7-13/h3-10,12H,1-2H3,(H,20,22)/t12-/m0/s1. The molecule has 0 bridgehead atoms. The van der Waals surface area contributed by atoms with Gasteiger partial charge in [0.2, 0.25) is 0 Å². The van der Waals surface area contributed by atoms with Gasteiger partial charge in [0.05, 0.1) is 5.56 Å². The molecule has 124 valence electrons. The third-order valence-electron chi connectivity index (χ3n) is 3.27. The Balaban J connectivity index is 1.99. The summed E-state index contributed by atoms with van der Waals surface area (Å²) in [7, 11) is 0. The fourth-order valence-corrected chi connectivity index (χ4v) is 2.19. The van der Waals surface area contributed by atoms with Crippen molar-refractivity contribution < 1.29 is 19.1 Å². The number of Topliss-reactive ketones (excluding diaryl/α,β-unsaturated/α-hetero) is 1. The van der Waals surface area contributed by atoms with E-state index in [1.165, 1.54) is 13.8 Å². The minimum absolute atomic E-state index is 0.0965. The van der Waals surface area contributed by atoms with Crippen LogP contribution in [0.3, 0.4) is 0 Å². The largest absolute Gasteiger partial charge is 0.449 e. The van der Waals surface area contributed by atoms with Crippen molar-refractivity contribution in [1.29, 1.82) is 0 Å². The smallest absolute Gasteiger partial charge is 0.338 e. The third kappa shape index (κ3) is 4.76. The van der Waals surface area contributed by atoms with Crippen LogP contribution in [0.2, 0.25) is 0 Å². The van der Waals surface area contributed by atoms with Crippen LogP contribution in [0.25, 0.3) is 0 Å². The maximum Gasteiger partial charge on any atom is 0.338 e. The minimum Gasteiger partial charge on any atom is -0.449 e. The molecule has 2 rings (SSSR count). The van der Waals surface area contributed by atoms with Crippen LogP contribution in [-0.2, 0) is 9.53 Å². The minimum atomic E-state index is -0.970. The maximum absolute atomic E-state index is 12.1. The van der Waals surface area contributed by atoms with Gasteiger partial charge in [-0.2, -0.15) is 0 Å². The molecule has 1 amide bonds. The highest BCUT2D eigenvalue weighted by molar-refractivity contribution is 9.10. The summed E-state index contributed by atoms with van der Waals surface area (Å²) in [6, 6.07) is 13.2. The fraction of sp³-hybridized carbons (Fsp3) is 0.167. The molecular weight excluding hydrogens is 374 g/mol. The molecule has 0 aliphatic rings. The van der Waals surface area contributed by atoms with E-state index in [1.54, 1.807) is 48.5 Å². The lowest BCUT2D eigenvalue weighted by Crippen LogP contribution is -2.30. The summed E-state index contributed by atoms with van der Waals surface area (Å²) in [5.41, 5.74) is 1.32. The van der Waals surface area contributed by atoms with E-state index in [2.05, 4.69) is 21.2 Å². The van der Waals surface area contributed by atoms with E-state index in [-0.39, 0.29) is 5.78 Å². The average Bonchev–Trinajstić information content (AvgIpc) is 2.55. The third-order valence-corrected chi connectivity index (χ3v) is 3.80. The van der Waals surface area contributed by atoms with E-state index in [0.29, 0.717) is 16.8 Å². The zero-order valence-corrected chi connectivity index (χ0v) is 14.8. The Bertz CT molecular complexity index is 771. The van der Waals surface area contributed by atoms with Crippen LogP contribution in [-0.4, -0.2) is 23.8 Å². The predicted octanol–water partition coefficient (Wildman–Crippen LogP) is 3.84. The van der Waals surface area contributed by atoms with E-state index in [4.69, 9.17) is 4.74 Å². The molecule has 2 aromatic carbocycles. The first kappa shape index (κ1) is 17.9. The molecule has 24 heavy (non-hydrogen) atoms. The molecule has 6 heteroatoms. The highest BCUT2D eigenvalue weighted by Crippen LogP contribution is 2.14. The number of rotatable bonds is 5. The van der Waals surface area contributed by atoms with Crippen LogP contribution in [0.15, 0.2) is 53.0 Å². The molecule has 2 aromatic rings. The molecule has 1 atom stereocenters. The van der Waals surface area contributed by atoms with Gasteiger partial charge in [-0.15, -0.1) is 0 Å². The van der Waals surface area contributed by atoms with Crippen molar-refractivity contribution in [1.82, 2.24) is 0 Å². The van der Waals surface area contributed by atoms with Gasteiger partial charge in [0.1, 0.15) is 0 Å². The van der Waals surface area contributed by atoms with Crippen LogP contribution in [0.5, 0.6) is 0 Å². The number of hydrogen-bond donors (Lipinski definition) is 1. The van der Waals surface area contributed by atoms with Gasteiger partial charge in [-0.05, 0) is 50.2 Å². The van der Waals surface area contributed by atoms with Gasteiger partial charge < -0.3 is 10.1 Å². The van der Waals surface area contributed by atoms with Crippen molar-refractivity contribution in [2.24, 2.45) is 0 Å². The predicted molar refractivity (Wildman–Crippen MR) is 94.1 cm³/mol. The van der Waals surface area contributed by atoms with Gasteiger partial charge in [0, 0.05) is 15.7 Å². The molecule has 0 saturated heterocycles. The summed E-state index contributed by atoms with van der Waals surface area (Å²) in [5, 5.41) is 2.63. The molecule has 5 nitrogen and oxygen atoms in total. The highest BCUT2D eigenvalue weighted by atomic mass is 79.9. The molecule has 0 aliphatic carbocycles. The first-order valence-electron chi connectivity index (χ1n) is 7.25. The Hall–Kier alpha value is -2.47. The summed E-state index contributed by atoms with van der Waals surface area (Å²) in [4.78, 5) is 35.5. The molecule has 0 fully saturated rings. The van der Waals surface area contributed by atoms with E-state index in [0.717, 1.165) is 4.47 Å². The van der Waals surface area contributed by atoms with Gasteiger partial charge in [-0.3, -0.25) is 9.59 Å². The second-order valence-electron chi connectivity index (χ2n) is 5.18. The summed E-state index contributed by atoms with van der Waals surface area (Å²) >= 11 is 3.28. The molecule has 0 unspecified atom stereocenters. The zero-order chi connectivity index (χ0) is 17.7. The van der Waals surface area contributed by atoms with E-state index < -0.39 is 18.0 Å². The number of amides is 1. The Kier molecular flexibility index (Phi) is 5.87. The number of benzene rings is 2. The Morgan fingerprint density at radius 3 is 2.33 bits per heavy atom. The second-order valence-corrected chi connectivity index (χ2v) is 6.10. The van der Waals surface area contributed by atoms with Gasteiger partial charge in [0.25, 0.3) is 5.91 Å². The molecular formula is C18H16BrNO4. The lowest BCUT2D eigenvalue weighted by Gasteiger charge is -2.14. The van der Waals surface area contributed by atoms with Crippen LogP contribution < -0.4 is 5.32 Å². The molecule has 1 N–H and O–H groups in total. The number of nitrogens with one attached hydrogen (secondary N) is 1. The van der Waals surface area contributed by atoms with E-state index >= 15 is 0 Å². The van der Waals surface area contributed by atoms with Crippen LogP contribution in [0.1, 0.15) is 34.6 Å². The van der Waals surface area contributed by atoms with Crippen LogP contribution >= 0.6 is 15.9 Å². The van der Waals surface area contributed by atoms with Crippen molar-refractivity contribution in [3.8, 4) is 0 Å². The first-order chi connectivity index (χ1) is 11.4. The maximum atomic E-state index is 12.1.